The number of nitrogens with zero attached hydrogens (tertiary/aromatic N) is 2. The van der Waals surface area contributed by atoms with E-state index in [-0.39, 0.29) is 11.6 Å². The van der Waals surface area contributed by atoms with Gasteiger partial charge < -0.3 is 15.0 Å². The van der Waals surface area contributed by atoms with Crippen molar-refractivity contribution in [3.05, 3.63) is 82.9 Å². The van der Waals surface area contributed by atoms with Crippen LogP contribution in [0.4, 0.5) is 14.5 Å². The number of fused-ring (bicyclic) bond motifs is 1. The van der Waals surface area contributed by atoms with E-state index in [1.807, 2.05) is 16.7 Å². The molecule has 3 aromatic carbocycles. The smallest absolute Gasteiger partial charge is 0.335 e. The molecule has 36 heavy (non-hydrogen) atoms. The van der Waals surface area contributed by atoms with Gasteiger partial charge in [-0.1, -0.05) is 30.9 Å². The summed E-state index contributed by atoms with van der Waals surface area (Å²) in [6.07, 6.45) is 5.45. The van der Waals surface area contributed by atoms with Crippen molar-refractivity contribution in [3.63, 3.8) is 0 Å². The summed E-state index contributed by atoms with van der Waals surface area (Å²) in [6.45, 7) is 0.516. The zero-order chi connectivity index (χ0) is 25.2. The van der Waals surface area contributed by atoms with E-state index in [1.54, 1.807) is 36.4 Å². The summed E-state index contributed by atoms with van der Waals surface area (Å²) in [5.41, 5.74) is 2.74. The van der Waals surface area contributed by atoms with Gasteiger partial charge in [-0.2, -0.15) is 0 Å². The minimum atomic E-state index is -0.978. The molecule has 0 radical (unpaired) electrons. The molecule has 1 atom stereocenters. The molecule has 1 aliphatic rings. The van der Waals surface area contributed by atoms with Gasteiger partial charge in [-0.25, -0.2) is 18.6 Å². The molecular weight excluding hydrogens is 484 g/mol. The van der Waals surface area contributed by atoms with Gasteiger partial charge in [-0.3, -0.25) is 0 Å². The lowest BCUT2D eigenvalue weighted by atomic mass is 9.83. The number of hydrogen-bond donors (Lipinski definition) is 2. The van der Waals surface area contributed by atoms with Gasteiger partial charge in [0.1, 0.15) is 5.82 Å². The minimum Gasteiger partial charge on any atom is -0.478 e. The van der Waals surface area contributed by atoms with E-state index in [0.717, 1.165) is 43.0 Å². The number of carboxylic acids is 1. The van der Waals surface area contributed by atoms with Gasteiger partial charge in [0, 0.05) is 35.0 Å². The minimum absolute atomic E-state index is 0.0926. The number of aromatic nitrogens is 2. The number of hydrogen-bond acceptors (Lipinski definition) is 3. The predicted molar refractivity (Wildman–Crippen MR) is 138 cm³/mol. The SMILES string of the molecule is O=C(O)c1ccc(NCC(C2CCCCC2)n2c(-c3ccc(Cl)cc3)nc3cc(F)c(F)cc32)cc1. The normalized spacial score (nSPS) is 15.2. The fraction of sp³-hybridized carbons (Fsp3) is 0.286. The molecule has 0 saturated heterocycles. The number of carbonyl (C=O) groups is 1. The lowest BCUT2D eigenvalue weighted by molar-refractivity contribution is 0.0697. The third kappa shape index (κ3) is 4.93. The highest BCUT2D eigenvalue weighted by Crippen LogP contribution is 2.39. The molecule has 1 saturated carbocycles. The second-order valence-electron chi connectivity index (χ2n) is 9.30. The summed E-state index contributed by atoms with van der Waals surface area (Å²) >= 11 is 6.12. The number of anilines is 1. The zero-order valence-electron chi connectivity index (χ0n) is 19.6. The van der Waals surface area contributed by atoms with Gasteiger partial charge in [0.15, 0.2) is 11.6 Å². The largest absolute Gasteiger partial charge is 0.478 e. The molecule has 0 spiro atoms. The summed E-state index contributed by atoms with van der Waals surface area (Å²) in [5.74, 6) is -1.88. The average Bonchev–Trinajstić information content (AvgIpc) is 3.23. The predicted octanol–water partition coefficient (Wildman–Crippen LogP) is 7.57. The van der Waals surface area contributed by atoms with Crippen LogP contribution in [0.25, 0.3) is 22.4 Å². The first kappa shape index (κ1) is 24.3. The maximum absolute atomic E-state index is 14.5. The number of rotatable bonds is 7. The van der Waals surface area contributed by atoms with Crippen LogP contribution in [-0.4, -0.2) is 27.2 Å². The van der Waals surface area contributed by atoms with Crippen molar-refractivity contribution in [2.75, 3.05) is 11.9 Å². The van der Waals surface area contributed by atoms with E-state index < -0.39 is 17.6 Å². The zero-order valence-corrected chi connectivity index (χ0v) is 20.3. The molecule has 0 aliphatic heterocycles. The van der Waals surface area contributed by atoms with Crippen LogP contribution in [0.1, 0.15) is 48.5 Å². The van der Waals surface area contributed by atoms with E-state index in [4.69, 9.17) is 16.6 Å². The molecule has 1 heterocycles. The van der Waals surface area contributed by atoms with E-state index in [1.165, 1.54) is 12.5 Å². The maximum atomic E-state index is 14.5. The van der Waals surface area contributed by atoms with Crippen molar-refractivity contribution in [1.82, 2.24) is 9.55 Å². The molecule has 1 unspecified atom stereocenters. The lowest BCUT2D eigenvalue weighted by Crippen LogP contribution is -2.29. The van der Waals surface area contributed by atoms with E-state index in [0.29, 0.717) is 34.3 Å². The molecule has 2 N–H and O–H groups in total. The van der Waals surface area contributed by atoms with Crippen LogP contribution < -0.4 is 5.32 Å². The van der Waals surface area contributed by atoms with Crippen LogP contribution in [0.3, 0.4) is 0 Å². The highest BCUT2D eigenvalue weighted by atomic mass is 35.5. The number of nitrogens with one attached hydrogen (secondary N) is 1. The van der Waals surface area contributed by atoms with Crippen LogP contribution in [0.5, 0.6) is 0 Å². The molecule has 0 amide bonds. The number of benzene rings is 3. The van der Waals surface area contributed by atoms with Gasteiger partial charge in [0.2, 0.25) is 0 Å². The Morgan fingerprint density at radius 1 is 1.03 bits per heavy atom. The Hall–Kier alpha value is -3.45. The van der Waals surface area contributed by atoms with Gasteiger partial charge >= 0.3 is 5.97 Å². The Labute approximate surface area is 212 Å². The highest BCUT2D eigenvalue weighted by Gasteiger charge is 2.29. The first-order valence-electron chi connectivity index (χ1n) is 12.1. The number of carboxylic acid groups (broad SMARTS) is 1. The number of halogens is 3. The number of aromatic carboxylic acids is 1. The summed E-state index contributed by atoms with van der Waals surface area (Å²) < 4.78 is 30.7. The average molecular weight is 510 g/mol. The molecule has 186 valence electrons. The van der Waals surface area contributed by atoms with Crippen LogP contribution in [-0.2, 0) is 0 Å². The van der Waals surface area contributed by atoms with E-state index >= 15 is 0 Å². The van der Waals surface area contributed by atoms with Crippen LogP contribution in [0.2, 0.25) is 5.02 Å². The third-order valence-corrected chi connectivity index (χ3v) is 7.26. The summed E-state index contributed by atoms with van der Waals surface area (Å²) in [6, 6.07) is 16.2. The van der Waals surface area contributed by atoms with Crippen LogP contribution >= 0.6 is 11.6 Å². The second-order valence-corrected chi connectivity index (χ2v) is 9.73. The standard InChI is InChI=1S/C28H26ClF2N3O2/c29-20-10-6-18(7-11-20)27-33-24-14-22(30)23(31)15-25(24)34(27)26(17-4-2-1-3-5-17)16-32-21-12-8-19(9-13-21)28(35)36/h6-15,17,26,32H,1-5,16H2,(H,35,36). The van der Waals surface area contributed by atoms with Gasteiger partial charge in [0.05, 0.1) is 22.6 Å². The fourth-order valence-corrected chi connectivity index (χ4v) is 5.30. The topological polar surface area (TPSA) is 67.2 Å². The maximum Gasteiger partial charge on any atom is 0.335 e. The summed E-state index contributed by atoms with van der Waals surface area (Å²) in [4.78, 5) is 15.9. The van der Waals surface area contributed by atoms with Crippen LogP contribution in [0, 0.1) is 17.6 Å². The summed E-state index contributed by atoms with van der Waals surface area (Å²) in [7, 11) is 0. The Bertz CT molecular complexity index is 1380. The van der Waals surface area contributed by atoms with E-state index in [9.17, 15) is 18.7 Å². The van der Waals surface area contributed by atoms with Crippen molar-refractivity contribution < 1.29 is 18.7 Å². The third-order valence-electron chi connectivity index (χ3n) is 7.01. The Morgan fingerprint density at radius 2 is 1.69 bits per heavy atom. The van der Waals surface area contributed by atoms with Gasteiger partial charge in [-0.15, -0.1) is 0 Å². The van der Waals surface area contributed by atoms with Crippen LogP contribution in [0.15, 0.2) is 60.7 Å². The quantitative estimate of drug-likeness (QED) is 0.269. The monoisotopic (exact) mass is 509 g/mol. The van der Waals surface area contributed by atoms with E-state index in [2.05, 4.69) is 5.32 Å². The molecular formula is C28H26ClF2N3O2. The first-order valence-corrected chi connectivity index (χ1v) is 12.5. The van der Waals surface area contributed by atoms with Crippen molar-refractivity contribution in [1.29, 1.82) is 0 Å². The molecule has 1 fully saturated rings. The molecule has 5 rings (SSSR count). The van der Waals surface area contributed by atoms with Crippen molar-refractivity contribution >= 4 is 34.3 Å². The molecule has 1 aromatic heterocycles. The van der Waals surface area contributed by atoms with Gasteiger partial charge in [-0.05, 0) is 67.3 Å². The highest BCUT2D eigenvalue weighted by molar-refractivity contribution is 6.30. The van der Waals surface area contributed by atoms with Crippen molar-refractivity contribution in [3.8, 4) is 11.4 Å². The summed E-state index contributed by atoms with van der Waals surface area (Å²) in [5, 5.41) is 13.2. The Balaban J connectivity index is 1.60. The first-order chi connectivity index (χ1) is 17.4. The Morgan fingerprint density at radius 3 is 2.36 bits per heavy atom. The second kappa shape index (κ2) is 10.3. The Kier molecular flexibility index (Phi) is 6.92. The molecule has 1 aliphatic carbocycles. The van der Waals surface area contributed by atoms with Crippen molar-refractivity contribution in [2.24, 2.45) is 5.92 Å². The van der Waals surface area contributed by atoms with Crippen molar-refractivity contribution in [2.45, 2.75) is 38.1 Å². The molecule has 5 nitrogen and oxygen atoms in total. The fourth-order valence-electron chi connectivity index (χ4n) is 5.17. The molecule has 4 aromatic rings. The van der Waals surface area contributed by atoms with Gasteiger partial charge in [0.25, 0.3) is 0 Å². The number of imidazole rings is 1. The lowest BCUT2D eigenvalue weighted by Gasteiger charge is -2.33. The molecule has 8 heteroatoms. The molecule has 0 bridgehead atoms.